The molecule has 1 aliphatic heterocycles. The zero-order valence-electron chi connectivity index (χ0n) is 11.4. The fourth-order valence-corrected chi connectivity index (χ4v) is 2.73. The molecule has 1 N–H and O–H groups in total. The molecule has 2 aromatic carbocycles. The number of aryl methyl sites for hydroxylation is 1. The van der Waals surface area contributed by atoms with Crippen molar-refractivity contribution in [3.8, 4) is 17.6 Å². The number of hydrogen-bond donors (Lipinski definition) is 1. The number of nitrogens with zero attached hydrogens (tertiary/aromatic N) is 1. The van der Waals surface area contributed by atoms with Gasteiger partial charge >= 0.3 is 0 Å². The predicted octanol–water partition coefficient (Wildman–Crippen LogP) is 4.16. The maximum absolute atomic E-state index is 9.43. The summed E-state index contributed by atoms with van der Waals surface area (Å²) in [6, 6.07) is 13.5. The number of nitrogens with one attached hydrogen (secondary N) is 1. The Kier molecular flexibility index (Phi) is 3.72. The van der Waals surface area contributed by atoms with Gasteiger partial charge in [-0.25, -0.2) is 0 Å². The van der Waals surface area contributed by atoms with Crippen molar-refractivity contribution in [2.45, 2.75) is 13.0 Å². The fraction of sp³-hybridized carbons (Fsp3) is 0.188. The van der Waals surface area contributed by atoms with E-state index in [4.69, 9.17) is 9.47 Å². The van der Waals surface area contributed by atoms with Gasteiger partial charge in [0.1, 0.15) is 6.04 Å². The van der Waals surface area contributed by atoms with E-state index in [1.165, 1.54) is 5.56 Å². The van der Waals surface area contributed by atoms with E-state index in [9.17, 15) is 5.26 Å². The molecule has 1 unspecified atom stereocenters. The van der Waals surface area contributed by atoms with Gasteiger partial charge in [0.15, 0.2) is 11.5 Å². The second-order valence-electron chi connectivity index (χ2n) is 4.81. The highest BCUT2D eigenvalue weighted by molar-refractivity contribution is 9.10. The number of benzene rings is 2. The van der Waals surface area contributed by atoms with Gasteiger partial charge in [-0.3, -0.25) is 0 Å². The normalized spacial score (nSPS) is 13.6. The monoisotopic (exact) mass is 344 g/mol. The molecule has 0 bridgehead atoms. The van der Waals surface area contributed by atoms with E-state index in [1.807, 2.05) is 43.3 Å². The summed E-state index contributed by atoms with van der Waals surface area (Å²) >= 11 is 3.45. The largest absolute Gasteiger partial charge is 0.454 e. The number of fused-ring (bicyclic) bond motifs is 1. The van der Waals surface area contributed by atoms with Gasteiger partial charge in [-0.2, -0.15) is 5.26 Å². The average molecular weight is 345 g/mol. The summed E-state index contributed by atoms with van der Waals surface area (Å²) in [6.45, 7) is 2.24. The number of nitriles is 1. The van der Waals surface area contributed by atoms with Gasteiger partial charge in [0.25, 0.3) is 0 Å². The molecule has 3 rings (SSSR count). The molecule has 1 aliphatic rings. The Balaban J connectivity index is 1.88. The molecule has 1 heterocycles. The third-order valence-electron chi connectivity index (χ3n) is 3.27. The van der Waals surface area contributed by atoms with Crippen molar-refractivity contribution in [2.24, 2.45) is 0 Å². The highest BCUT2D eigenvalue weighted by Crippen LogP contribution is 2.41. The van der Waals surface area contributed by atoms with Crippen LogP contribution in [0.2, 0.25) is 0 Å². The molecular formula is C16H13BrN2O2. The third kappa shape index (κ3) is 2.81. The lowest BCUT2D eigenvalue weighted by Gasteiger charge is -2.14. The minimum Gasteiger partial charge on any atom is -0.454 e. The van der Waals surface area contributed by atoms with Crippen molar-refractivity contribution >= 4 is 21.6 Å². The standard InChI is InChI=1S/C16H13BrN2O2/c1-10-2-4-12(5-3-10)19-14(8-18)11-6-13(17)16-15(7-11)20-9-21-16/h2-7,14,19H,9H2,1H3. The number of ether oxygens (including phenoxy) is 2. The molecule has 0 spiro atoms. The second-order valence-corrected chi connectivity index (χ2v) is 5.66. The van der Waals surface area contributed by atoms with Crippen LogP contribution in [0.3, 0.4) is 0 Å². The van der Waals surface area contributed by atoms with Crippen LogP contribution in [0.1, 0.15) is 17.2 Å². The highest BCUT2D eigenvalue weighted by Gasteiger charge is 2.21. The first kappa shape index (κ1) is 13.8. The number of rotatable bonds is 3. The summed E-state index contributed by atoms with van der Waals surface area (Å²) in [6.07, 6.45) is 0. The topological polar surface area (TPSA) is 54.3 Å². The molecule has 21 heavy (non-hydrogen) atoms. The van der Waals surface area contributed by atoms with Gasteiger partial charge in [0, 0.05) is 5.69 Å². The zero-order valence-corrected chi connectivity index (χ0v) is 13.0. The molecule has 0 radical (unpaired) electrons. The van der Waals surface area contributed by atoms with Crippen LogP contribution in [-0.4, -0.2) is 6.79 Å². The Morgan fingerprint density at radius 3 is 2.71 bits per heavy atom. The van der Waals surface area contributed by atoms with Crippen LogP contribution < -0.4 is 14.8 Å². The van der Waals surface area contributed by atoms with Crippen LogP contribution >= 0.6 is 15.9 Å². The van der Waals surface area contributed by atoms with E-state index in [0.717, 1.165) is 15.7 Å². The molecule has 0 saturated carbocycles. The SMILES string of the molecule is Cc1ccc(NC(C#N)c2cc(Br)c3c(c2)OCO3)cc1. The number of halogens is 1. The minimum atomic E-state index is -0.460. The van der Waals surface area contributed by atoms with Gasteiger partial charge in [-0.15, -0.1) is 0 Å². The highest BCUT2D eigenvalue weighted by atomic mass is 79.9. The number of anilines is 1. The van der Waals surface area contributed by atoms with Crippen LogP contribution in [0.15, 0.2) is 40.9 Å². The van der Waals surface area contributed by atoms with Crippen molar-refractivity contribution in [3.05, 3.63) is 52.0 Å². The number of hydrogen-bond acceptors (Lipinski definition) is 4. The lowest BCUT2D eigenvalue weighted by atomic mass is 10.1. The summed E-state index contributed by atoms with van der Waals surface area (Å²) in [4.78, 5) is 0. The van der Waals surface area contributed by atoms with Gasteiger partial charge in [0.2, 0.25) is 6.79 Å². The minimum absolute atomic E-state index is 0.208. The predicted molar refractivity (Wildman–Crippen MR) is 83.4 cm³/mol. The Labute approximate surface area is 131 Å². The molecule has 4 nitrogen and oxygen atoms in total. The Bertz CT molecular complexity index is 707. The molecule has 2 aromatic rings. The average Bonchev–Trinajstić information content (AvgIpc) is 2.95. The lowest BCUT2D eigenvalue weighted by Crippen LogP contribution is -2.08. The van der Waals surface area contributed by atoms with E-state index >= 15 is 0 Å². The molecule has 0 fully saturated rings. The first-order valence-electron chi connectivity index (χ1n) is 6.49. The van der Waals surface area contributed by atoms with Crippen molar-refractivity contribution < 1.29 is 9.47 Å². The molecule has 0 aliphatic carbocycles. The third-order valence-corrected chi connectivity index (χ3v) is 3.86. The van der Waals surface area contributed by atoms with Crippen LogP contribution in [-0.2, 0) is 0 Å². The summed E-state index contributed by atoms with van der Waals surface area (Å²) in [5.41, 5.74) is 2.91. The van der Waals surface area contributed by atoms with E-state index in [1.54, 1.807) is 0 Å². The smallest absolute Gasteiger partial charge is 0.231 e. The van der Waals surface area contributed by atoms with Gasteiger partial charge < -0.3 is 14.8 Å². The summed E-state index contributed by atoms with van der Waals surface area (Å²) < 4.78 is 11.5. The van der Waals surface area contributed by atoms with Crippen molar-refractivity contribution in [2.75, 3.05) is 12.1 Å². The van der Waals surface area contributed by atoms with Gasteiger partial charge in [0.05, 0.1) is 10.5 Å². The summed E-state index contributed by atoms with van der Waals surface area (Å²) in [5.74, 6) is 1.34. The molecule has 0 amide bonds. The molecule has 106 valence electrons. The quantitative estimate of drug-likeness (QED) is 0.907. The first-order valence-corrected chi connectivity index (χ1v) is 7.28. The van der Waals surface area contributed by atoms with Crippen molar-refractivity contribution in [3.63, 3.8) is 0 Å². The van der Waals surface area contributed by atoms with E-state index in [0.29, 0.717) is 11.5 Å². The summed E-state index contributed by atoms with van der Waals surface area (Å²) in [7, 11) is 0. The molecule has 5 heteroatoms. The zero-order chi connectivity index (χ0) is 14.8. The molecule has 0 saturated heterocycles. The lowest BCUT2D eigenvalue weighted by molar-refractivity contribution is 0.173. The van der Waals surface area contributed by atoms with E-state index in [-0.39, 0.29) is 6.79 Å². The maximum Gasteiger partial charge on any atom is 0.231 e. The maximum atomic E-state index is 9.43. The Hall–Kier alpha value is -2.19. The van der Waals surface area contributed by atoms with Crippen molar-refractivity contribution in [1.29, 1.82) is 5.26 Å². The van der Waals surface area contributed by atoms with Crippen LogP contribution in [0.25, 0.3) is 0 Å². The van der Waals surface area contributed by atoms with E-state index in [2.05, 4.69) is 27.3 Å². The molecule has 1 atom stereocenters. The molecule has 0 aromatic heterocycles. The first-order chi connectivity index (χ1) is 10.2. The fourth-order valence-electron chi connectivity index (χ4n) is 2.16. The van der Waals surface area contributed by atoms with Crippen LogP contribution in [0, 0.1) is 18.3 Å². The Morgan fingerprint density at radius 2 is 2.00 bits per heavy atom. The summed E-state index contributed by atoms with van der Waals surface area (Å²) in [5, 5.41) is 12.6. The van der Waals surface area contributed by atoms with Gasteiger partial charge in [-0.1, -0.05) is 17.7 Å². The van der Waals surface area contributed by atoms with E-state index < -0.39 is 6.04 Å². The molecular weight excluding hydrogens is 332 g/mol. The van der Waals surface area contributed by atoms with Crippen molar-refractivity contribution in [1.82, 2.24) is 0 Å². The van der Waals surface area contributed by atoms with Crippen LogP contribution in [0.4, 0.5) is 5.69 Å². The second kappa shape index (κ2) is 5.66. The Morgan fingerprint density at radius 1 is 1.24 bits per heavy atom. The van der Waals surface area contributed by atoms with Gasteiger partial charge in [-0.05, 0) is 52.7 Å². The van der Waals surface area contributed by atoms with Crippen LogP contribution in [0.5, 0.6) is 11.5 Å².